The van der Waals surface area contributed by atoms with Crippen molar-refractivity contribution < 1.29 is 4.74 Å². The third kappa shape index (κ3) is 2.68. The summed E-state index contributed by atoms with van der Waals surface area (Å²) < 4.78 is 8.18. The second-order valence-electron chi connectivity index (χ2n) is 5.08. The highest BCUT2D eigenvalue weighted by Gasteiger charge is 2.20. The number of ether oxygens (including phenoxy) is 1. The van der Waals surface area contributed by atoms with E-state index in [9.17, 15) is 0 Å². The Bertz CT molecular complexity index is 799. The normalized spacial score (nSPS) is 12.0. The van der Waals surface area contributed by atoms with Crippen LogP contribution in [-0.2, 0) is 6.54 Å². The van der Waals surface area contributed by atoms with Gasteiger partial charge in [-0.2, -0.15) is 0 Å². The van der Waals surface area contributed by atoms with Crippen molar-refractivity contribution in [2.75, 3.05) is 0 Å². The topological polar surface area (TPSA) is 27.1 Å². The molecule has 0 aliphatic carbocycles. The maximum absolute atomic E-state index is 6.11. The average molecular weight is 290 g/mol. The van der Waals surface area contributed by atoms with Gasteiger partial charge in [-0.3, -0.25) is 0 Å². The highest BCUT2D eigenvalue weighted by Crippen LogP contribution is 2.27. The van der Waals surface area contributed by atoms with Gasteiger partial charge in [-0.1, -0.05) is 43.2 Å². The van der Waals surface area contributed by atoms with Gasteiger partial charge in [0.15, 0.2) is 11.9 Å². The summed E-state index contributed by atoms with van der Waals surface area (Å²) in [6, 6.07) is 17.8. The Morgan fingerprint density at radius 3 is 2.59 bits per heavy atom. The zero-order valence-electron chi connectivity index (χ0n) is 12.6. The summed E-state index contributed by atoms with van der Waals surface area (Å²) in [7, 11) is 0. The number of rotatable bonds is 5. The second-order valence-corrected chi connectivity index (χ2v) is 5.08. The summed E-state index contributed by atoms with van der Waals surface area (Å²) in [5.41, 5.74) is 1.99. The van der Waals surface area contributed by atoms with Gasteiger partial charge in [0.1, 0.15) is 5.75 Å². The van der Waals surface area contributed by atoms with Crippen molar-refractivity contribution in [3.05, 3.63) is 60.4 Å². The zero-order chi connectivity index (χ0) is 15.4. The molecule has 0 bridgehead atoms. The van der Waals surface area contributed by atoms with Crippen LogP contribution in [0.4, 0.5) is 0 Å². The van der Waals surface area contributed by atoms with Crippen LogP contribution in [0.3, 0.4) is 0 Å². The molecule has 1 atom stereocenters. The second kappa shape index (κ2) is 6.36. The van der Waals surface area contributed by atoms with E-state index >= 15 is 0 Å². The molecule has 0 saturated heterocycles. The van der Waals surface area contributed by atoms with Crippen LogP contribution in [0.5, 0.6) is 5.75 Å². The SMILES string of the molecule is C#CCn1c([C@H](CC)Oc2ccccc2)nc2ccccc21. The van der Waals surface area contributed by atoms with Gasteiger partial charge < -0.3 is 9.30 Å². The molecule has 0 fully saturated rings. The molecule has 2 aromatic carbocycles. The Morgan fingerprint density at radius 1 is 1.14 bits per heavy atom. The monoisotopic (exact) mass is 290 g/mol. The first-order valence-electron chi connectivity index (χ1n) is 7.43. The molecule has 0 N–H and O–H groups in total. The molecule has 3 heteroatoms. The quantitative estimate of drug-likeness (QED) is 0.658. The zero-order valence-corrected chi connectivity index (χ0v) is 12.6. The Balaban J connectivity index is 2.03. The van der Waals surface area contributed by atoms with Gasteiger partial charge in [0, 0.05) is 0 Å². The summed E-state index contributed by atoms with van der Waals surface area (Å²) in [5.74, 6) is 4.43. The van der Waals surface area contributed by atoms with E-state index in [4.69, 9.17) is 16.1 Å². The Kier molecular flexibility index (Phi) is 4.11. The first-order valence-corrected chi connectivity index (χ1v) is 7.43. The summed E-state index contributed by atoms with van der Waals surface area (Å²) in [4.78, 5) is 4.74. The number of hydrogen-bond donors (Lipinski definition) is 0. The van der Waals surface area contributed by atoms with E-state index < -0.39 is 0 Å². The molecule has 110 valence electrons. The smallest absolute Gasteiger partial charge is 0.156 e. The minimum Gasteiger partial charge on any atom is -0.483 e. The maximum atomic E-state index is 6.11. The van der Waals surface area contributed by atoms with Crippen molar-refractivity contribution >= 4 is 11.0 Å². The van der Waals surface area contributed by atoms with Gasteiger partial charge in [0.05, 0.1) is 17.6 Å². The largest absolute Gasteiger partial charge is 0.483 e. The molecule has 3 nitrogen and oxygen atoms in total. The number of nitrogens with zero attached hydrogens (tertiary/aromatic N) is 2. The maximum Gasteiger partial charge on any atom is 0.156 e. The van der Waals surface area contributed by atoms with Crippen molar-refractivity contribution in [2.24, 2.45) is 0 Å². The Morgan fingerprint density at radius 2 is 1.86 bits per heavy atom. The first-order chi connectivity index (χ1) is 10.8. The fourth-order valence-corrected chi connectivity index (χ4v) is 2.58. The van der Waals surface area contributed by atoms with Crippen molar-refractivity contribution in [3.8, 4) is 18.1 Å². The summed E-state index contributed by atoms with van der Waals surface area (Å²) in [6.07, 6.45) is 6.23. The van der Waals surface area contributed by atoms with E-state index in [2.05, 4.69) is 17.4 Å². The lowest BCUT2D eigenvalue weighted by Crippen LogP contribution is -2.13. The van der Waals surface area contributed by atoms with Gasteiger partial charge >= 0.3 is 0 Å². The number of terminal acetylenes is 1. The molecule has 0 spiro atoms. The van der Waals surface area contributed by atoms with E-state index in [0.29, 0.717) is 6.54 Å². The van der Waals surface area contributed by atoms with Crippen LogP contribution < -0.4 is 4.74 Å². The van der Waals surface area contributed by atoms with Crippen molar-refractivity contribution in [1.82, 2.24) is 9.55 Å². The summed E-state index contributed by atoms with van der Waals surface area (Å²) in [6.45, 7) is 2.58. The first kappa shape index (κ1) is 14.2. The number of hydrogen-bond acceptors (Lipinski definition) is 2. The molecule has 0 radical (unpaired) electrons. The van der Waals surface area contributed by atoms with Crippen LogP contribution in [0.15, 0.2) is 54.6 Å². The molecule has 3 rings (SSSR count). The van der Waals surface area contributed by atoms with Crippen molar-refractivity contribution in [2.45, 2.75) is 26.0 Å². The minimum absolute atomic E-state index is 0.122. The van der Waals surface area contributed by atoms with Crippen LogP contribution in [0.2, 0.25) is 0 Å². The highest BCUT2D eigenvalue weighted by atomic mass is 16.5. The Hall–Kier alpha value is -2.73. The highest BCUT2D eigenvalue weighted by molar-refractivity contribution is 5.76. The third-order valence-corrected chi connectivity index (χ3v) is 3.61. The average Bonchev–Trinajstić information content (AvgIpc) is 2.93. The number of benzene rings is 2. The van der Waals surface area contributed by atoms with Gasteiger partial charge in [0.2, 0.25) is 0 Å². The molecule has 0 aliphatic heterocycles. The van der Waals surface area contributed by atoms with Crippen LogP contribution in [-0.4, -0.2) is 9.55 Å². The predicted octanol–water partition coefficient (Wildman–Crippen LogP) is 4.20. The van der Waals surface area contributed by atoms with E-state index in [-0.39, 0.29) is 6.10 Å². The molecular weight excluding hydrogens is 272 g/mol. The van der Waals surface area contributed by atoms with Gasteiger partial charge in [-0.15, -0.1) is 6.42 Å². The molecule has 0 saturated carbocycles. The number of fused-ring (bicyclic) bond motifs is 1. The standard InChI is InChI=1S/C19H18N2O/c1-3-14-21-17-13-9-8-12-16(17)20-19(21)18(4-2)22-15-10-6-5-7-11-15/h1,5-13,18H,4,14H2,2H3/t18-/m0/s1. The van der Waals surface area contributed by atoms with E-state index in [0.717, 1.165) is 29.0 Å². The summed E-state index contributed by atoms with van der Waals surface area (Å²) >= 11 is 0. The molecule has 1 heterocycles. The van der Waals surface area contributed by atoms with Gasteiger partial charge in [-0.25, -0.2) is 4.98 Å². The molecule has 0 aliphatic rings. The minimum atomic E-state index is -0.122. The van der Waals surface area contributed by atoms with E-state index in [1.165, 1.54) is 0 Å². The molecular formula is C19H18N2O. The lowest BCUT2D eigenvalue weighted by Gasteiger charge is -2.18. The van der Waals surface area contributed by atoms with Crippen LogP contribution in [0.1, 0.15) is 25.3 Å². The molecule has 22 heavy (non-hydrogen) atoms. The van der Waals surface area contributed by atoms with Gasteiger partial charge in [-0.05, 0) is 30.7 Å². The number of para-hydroxylation sites is 3. The lowest BCUT2D eigenvalue weighted by atomic mass is 10.2. The Labute approximate surface area is 130 Å². The molecule has 3 aromatic rings. The molecule has 1 aromatic heterocycles. The van der Waals surface area contributed by atoms with Crippen LogP contribution in [0.25, 0.3) is 11.0 Å². The lowest BCUT2D eigenvalue weighted by molar-refractivity contribution is 0.187. The number of imidazole rings is 1. The fourth-order valence-electron chi connectivity index (χ4n) is 2.58. The molecule has 0 amide bonds. The van der Waals surface area contributed by atoms with Crippen LogP contribution in [0, 0.1) is 12.3 Å². The molecule has 0 unspecified atom stereocenters. The van der Waals surface area contributed by atoms with Crippen molar-refractivity contribution in [1.29, 1.82) is 0 Å². The number of aromatic nitrogens is 2. The van der Waals surface area contributed by atoms with E-state index in [1.54, 1.807) is 0 Å². The van der Waals surface area contributed by atoms with Crippen LogP contribution >= 0.6 is 0 Å². The summed E-state index contributed by atoms with van der Waals surface area (Å²) in [5, 5.41) is 0. The predicted molar refractivity (Wildman–Crippen MR) is 88.7 cm³/mol. The van der Waals surface area contributed by atoms with E-state index in [1.807, 2.05) is 54.6 Å². The fraction of sp³-hybridized carbons (Fsp3) is 0.211. The van der Waals surface area contributed by atoms with Crippen molar-refractivity contribution in [3.63, 3.8) is 0 Å². The van der Waals surface area contributed by atoms with Gasteiger partial charge in [0.25, 0.3) is 0 Å². The third-order valence-electron chi connectivity index (χ3n) is 3.61.